The van der Waals surface area contributed by atoms with Crippen molar-refractivity contribution in [3.8, 4) is 0 Å². The van der Waals surface area contributed by atoms with Crippen LogP contribution in [0.25, 0.3) is 0 Å². The minimum Gasteiger partial charge on any atom is -0.326 e. The molecule has 1 rings (SSSR count). The minimum atomic E-state index is -5.41. The first-order valence-electron chi connectivity index (χ1n) is 4.39. The number of halogens is 6. The maximum Gasteiger partial charge on any atom is 0.402 e. The number of rotatable bonds is 3. The van der Waals surface area contributed by atoms with Gasteiger partial charge in [0.25, 0.3) is 0 Å². The first kappa shape index (κ1) is 14.2. The molecule has 1 unspecified atom stereocenters. The van der Waals surface area contributed by atoms with Gasteiger partial charge >= 0.3 is 12.4 Å². The minimum absolute atomic E-state index is 0.149. The molecular formula is C8H8F6N2S. The van der Waals surface area contributed by atoms with Crippen LogP contribution in [0.1, 0.15) is 5.01 Å². The van der Waals surface area contributed by atoms with E-state index in [-0.39, 0.29) is 5.01 Å². The zero-order chi connectivity index (χ0) is 13.3. The summed E-state index contributed by atoms with van der Waals surface area (Å²) in [4.78, 5) is 3.61. The fourth-order valence-corrected chi connectivity index (χ4v) is 2.03. The summed E-state index contributed by atoms with van der Waals surface area (Å²) in [5.41, 5.74) is 5.01. The average Bonchev–Trinajstić information content (AvgIpc) is 2.49. The van der Waals surface area contributed by atoms with Crippen LogP contribution in [-0.2, 0) is 6.42 Å². The van der Waals surface area contributed by atoms with Crippen molar-refractivity contribution in [1.29, 1.82) is 0 Å². The zero-order valence-corrected chi connectivity index (χ0v) is 9.03. The topological polar surface area (TPSA) is 38.9 Å². The molecule has 98 valence electrons. The fourth-order valence-electron chi connectivity index (χ4n) is 1.34. The molecule has 1 heterocycles. The lowest BCUT2D eigenvalue weighted by molar-refractivity contribution is -0.289. The number of hydrogen-bond acceptors (Lipinski definition) is 3. The lowest BCUT2D eigenvalue weighted by Gasteiger charge is -2.27. The lowest BCUT2D eigenvalue weighted by Crippen LogP contribution is -2.49. The maximum absolute atomic E-state index is 12.3. The van der Waals surface area contributed by atoms with Gasteiger partial charge in [-0.25, -0.2) is 4.98 Å². The third-order valence-electron chi connectivity index (χ3n) is 2.03. The van der Waals surface area contributed by atoms with Crippen LogP contribution in [0.2, 0.25) is 0 Å². The molecule has 0 amide bonds. The largest absolute Gasteiger partial charge is 0.402 e. The number of aromatic nitrogens is 1. The summed E-state index contributed by atoms with van der Waals surface area (Å²) in [5, 5.41) is 1.61. The zero-order valence-electron chi connectivity index (χ0n) is 8.22. The van der Waals surface area contributed by atoms with E-state index in [1.807, 2.05) is 0 Å². The van der Waals surface area contributed by atoms with Crippen molar-refractivity contribution in [2.24, 2.45) is 11.7 Å². The van der Waals surface area contributed by atoms with Crippen LogP contribution in [0.3, 0.4) is 0 Å². The summed E-state index contributed by atoms with van der Waals surface area (Å²) in [6, 6.07) is -2.08. The van der Waals surface area contributed by atoms with Crippen LogP contribution < -0.4 is 5.73 Å². The van der Waals surface area contributed by atoms with E-state index in [4.69, 9.17) is 5.73 Å². The summed E-state index contributed by atoms with van der Waals surface area (Å²) < 4.78 is 73.7. The van der Waals surface area contributed by atoms with Gasteiger partial charge in [-0.15, -0.1) is 11.3 Å². The molecule has 1 atom stereocenters. The van der Waals surface area contributed by atoms with Crippen LogP contribution >= 0.6 is 11.3 Å². The number of hydrogen-bond donors (Lipinski definition) is 1. The number of nitrogens with zero attached hydrogens (tertiary/aromatic N) is 1. The highest BCUT2D eigenvalue weighted by Crippen LogP contribution is 2.41. The van der Waals surface area contributed by atoms with Gasteiger partial charge in [0.05, 0.1) is 5.01 Å². The molecule has 0 bridgehead atoms. The van der Waals surface area contributed by atoms with Crippen molar-refractivity contribution in [2.75, 3.05) is 0 Å². The number of nitrogens with two attached hydrogens (primary N) is 1. The van der Waals surface area contributed by atoms with Crippen LogP contribution in [0.15, 0.2) is 11.6 Å². The molecule has 0 saturated carbocycles. The van der Waals surface area contributed by atoms with E-state index in [1.54, 1.807) is 0 Å². The highest BCUT2D eigenvalue weighted by Gasteiger charge is 2.59. The smallest absolute Gasteiger partial charge is 0.326 e. The first-order valence-corrected chi connectivity index (χ1v) is 5.27. The number of alkyl halides is 6. The molecule has 1 aromatic rings. The third-order valence-corrected chi connectivity index (χ3v) is 2.83. The van der Waals surface area contributed by atoms with Gasteiger partial charge in [0, 0.05) is 24.0 Å². The Morgan fingerprint density at radius 3 is 2.06 bits per heavy atom. The summed E-state index contributed by atoms with van der Waals surface area (Å²) in [5.74, 6) is -3.53. The Bertz CT molecular complexity index is 330. The standard InChI is InChI=1S/C8H8F6N2S/c9-7(10,11)6(8(12,13)14)4(15)3-5-16-1-2-17-5/h1-2,4,6H,3,15H2. The molecular weight excluding hydrogens is 270 g/mol. The van der Waals surface area contributed by atoms with Crippen molar-refractivity contribution >= 4 is 11.3 Å². The van der Waals surface area contributed by atoms with Crippen molar-refractivity contribution in [2.45, 2.75) is 24.8 Å². The van der Waals surface area contributed by atoms with Gasteiger partial charge in [-0.1, -0.05) is 0 Å². The Hall–Kier alpha value is -0.830. The van der Waals surface area contributed by atoms with Crippen molar-refractivity contribution < 1.29 is 26.3 Å². The SMILES string of the molecule is NC(Cc1nccs1)C(C(F)(F)F)C(F)(F)F. The molecule has 0 fully saturated rings. The quantitative estimate of drug-likeness (QED) is 0.863. The summed E-state index contributed by atoms with van der Waals surface area (Å²) in [6.45, 7) is 0. The molecule has 17 heavy (non-hydrogen) atoms. The van der Waals surface area contributed by atoms with Gasteiger partial charge in [0.15, 0.2) is 5.92 Å². The third kappa shape index (κ3) is 3.84. The van der Waals surface area contributed by atoms with Crippen LogP contribution in [0.5, 0.6) is 0 Å². The van der Waals surface area contributed by atoms with Crippen molar-refractivity contribution in [1.82, 2.24) is 4.98 Å². The maximum atomic E-state index is 12.3. The highest BCUT2D eigenvalue weighted by molar-refractivity contribution is 7.09. The summed E-state index contributed by atoms with van der Waals surface area (Å²) in [6.07, 6.45) is -10.1. The molecule has 2 N–H and O–H groups in total. The van der Waals surface area contributed by atoms with Crippen molar-refractivity contribution in [3.63, 3.8) is 0 Å². The molecule has 0 spiro atoms. The Labute approximate surface area is 96.4 Å². The predicted molar refractivity (Wildman–Crippen MR) is 49.4 cm³/mol. The van der Waals surface area contributed by atoms with Gasteiger partial charge in [-0.3, -0.25) is 0 Å². The molecule has 0 radical (unpaired) electrons. The monoisotopic (exact) mass is 278 g/mol. The predicted octanol–water partition coefficient (Wildman–Crippen LogP) is 2.75. The second-order valence-electron chi connectivity index (χ2n) is 3.35. The Balaban J connectivity index is 2.84. The molecule has 0 aliphatic rings. The first-order chi connectivity index (χ1) is 7.62. The Morgan fingerprint density at radius 2 is 1.71 bits per heavy atom. The van der Waals surface area contributed by atoms with E-state index in [2.05, 4.69) is 4.98 Å². The molecule has 0 aromatic carbocycles. The van der Waals surface area contributed by atoms with E-state index in [1.165, 1.54) is 11.6 Å². The van der Waals surface area contributed by atoms with E-state index in [9.17, 15) is 26.3 Å². The van der Waals surface area contributed by atoms with Crippen molar-refractivity contribution in [3.05, 3.63) is 16.6 Å². The molecule has 0 aliphatic carbocycles. The average molecular weight is 278 g/mol. The second-order valence-corrected chi connectivity index (χ2v) is 4.33. The Morgan fingerprint density at radius 1 is 1.18 bits per heavy atom. The van der Waals surface area contributed by atoms with E-state index >= 15 is 0 Å². The van der Waals surface area contributed by atoms with Crippen LogP contribution in [0.4, 0.5) is 26.3 Å². The normalized spacial score (nSPS) is 15.3. The van der Waals surface area contributed by atoms with Gasteiger partial charge in [-0.05, 0) is 0 Å². The van der Waals surface area contributed by atoms with Crippen LogP contribution in [-0.4, -0.2) is 23.4 Å². The van der Waals surface area contributed by atoms with E-state index < -0.39 is 30.7 Å². The van der Waals surface area contributed by atoms with E-state index in [0.717, 1.165) is 11.3 Å². The molecule has 0 aliphatic heterocycles. The second kappa shape index (κ2) is 4.81. The van der Waals surface area contributed by atoms with E-state index in [0.29, 0.717) is 0 Å². The van der Waals surface area contributed by atoms with Gasteiger partial charge in [-0.2, -0.15) is 26.3 Å². The molecule has 1 aromatic heterocycles. The van der Waals surface area contributed by atoms with Gasteiger partial charge in [0.1, 0.15) is 0 Å². The summed E-state index contributed by atoms with van der Waals surface area (Å²) in [7, 11) is 0. The lowest BCUT2D eigenvalue weighted by atomic mass is 9.96. The number of thiazole rings is 1. The Kier molecular flexibility index (Phi) is 4.03. The highest BCUT2D eigenvalue weighted by atomic mass is 32.1. The fraction of sp³-hybridized carbons (Fsp3) is 0.625. The molecule has 0 saturated heterocycles. The van der Waals surface area contributed by atoms with Gasteiger partial charge < -0.3 is 5.73 Å². The molecule has 9 heteroatoms. The summed E-state index contributed by atoms with van der Waals surface area (Å²) >= 11 is 0.964. The molecule has 2 nitrogen and oxygen atoms in total. The van der Waals surface area contributed by atoms with Crippen LogP contribution in [0, 0.1) is 5.92 Å². The van der Waals surface area contributed by atoms with Gasteiger partial charge in [0.2, 0.25) is 0 Å².